The fourth-order valence-corrected chi connectivity index (χ4v) is 2.77. The molecule has 0 aliphatic heterocycles. The van der Waals surface area contributed by atoms with Crippen LogP contribution < -0.4 is 0 Å². The minimum absolute atomic E-state index is 0.397. The van der Waals surface area contributed by atoms with E-state index in [0.717, 1.165) is 11.4 Å². The third-order valence-corrected chi connectivity index (χ3v) is 4.21. The Morgan fingerprint density at radius 1 is 1.11 bits per heavy atom. The van der Waals surface area contributed by atoms with Crippen LogP contribution in [-0.2, 0) is 6.54 Å². The van der Waals surface area contributed by atoms with Crippen molar-refractivity contribution >= 4 is 11.3 Å². The van der Waals surface area contributed by atoms with Gasteiger partial charge in [0.1, 0.15) is 6.10 Å². The number of thiophene rings is 1. The second kappa shape index (κ2) is 6.85. The number of nitrogens with zero attached hydrogens (tertiary/aromatic N) is 1. The molecule has 1 heterocycles. The van der Waals surface area contributed by atoms with Gasteiger partial charge in [-0.2, -0.15) is 0 Å². The molecule has 1 N–H and O–H groups in total. The van der Waals surface area contributed by atoms with Crippen molar-refractivity contribution in [3.05, 3.63) is 58.3 Å². The van der Waals surface area contributed by atoms with E-state index in [1.54, 1.807) is 11.3 Å². The summed E-state index contributed by atoms with van der Waals surface area (Å²) in [6.07, 6.45) is -0.397. The van der Waals surface area contributed by atoms with Gasteiger partial charge in [-0.05, 0) is 30.9 Å². The number of hydrogen-bond acceptors (Lipinski definition) is 3. The molecule has 0 saturated carbocycles. The van der Waals surface area contributed by atoms with E-state index in [0.29, 0.717) is 12.6 Å². The SMILES string of the molecule is CC(C)N(Cc1ccccc1)CC(O)c1cccs1. The van der Waals surface area contributed by atoms with Crippen LogP contribution in [0.3, 0.4) is 0 Å². The molecule has 102 valence electrons. The van der Waals surface area contributed by atoms with Crippen LogP contribution in [0.15, 0.2) is 47.8 Å². The van der Waals surface area contributed by atoms with Crippen LogP contribution in [-0.4, -0.2) is 22.6 Å². The van der Waals surface area contributed by atoms with Crippen molar-refractivity contribution in [1.82, 2.24) is 4.90 Å². The Hall–Kier alpha value is -1.16. The molecule has 2 nitrogen and oxygen atoms in total. The quantitative estimate of drug-likeness (QED) is 0.869. The highest BCUT2D eigenvalue weighted by atomic mass is 32.1. The fraction of sp³-hybridized carbons (Fsp3) is 0.375. The number of hydrogen-bond donors (Lipinski definition) is 1. The molecule has 0 aliphatic carbocycles. The van der Waals surface area contributed by atoms with Crippen LogP contribution in [0.5, 0.6) is 0 Å². The Kier molecular flexibility index (Phi) is 5.14. The molecule has 0 amide bonds. The standard InChI is InChI=1S/C16H21NOS/c1-13(2)17(11-14-7-4-3-5-8-14)12-15(18)16-9-6-10-19-16/h3-10,13,15,18H,11-12H2,1-2H3. The minimum Gasteiger partial charge on any atom is -0.386 e. The maximum Gasteiger partial charge on any atom is 0.101 e. The van der Waals surface area contributed by atoms with Crippen molar-refractivity contribution in [2.24, 2.45) is 0 Å². The number of benzene rings is 1. The highest BCUT2D eigenvalue weighted by Gasteiger charge is 2.17. The molecular formula is C16H21NOS. The maximum absolute atomic E-state index is 10.3. The second-order valence-electron chi connectivity index (χ2n) is 5.04. The average molecular weight is 275 g/mol. The van der Waals surface area contributed by atoms with Gasteiger partial charge in [0.15, 0.2) is 0 Å². The van der Waals surface area contributed by atoms with E-state index in [1.807, 2.05) is 23.6 Å². The summed E-state index contributed by atoms with van der Waals surface area (Å²) in [5.74, 6) is 0. The van der Waals surface area contributed by atoms with Crippen molar-refractivity contribution in [2.45, 2.75) is 32.5 Å². The first-order valence-electron chi connectivity index (χ1n) is 6.66. The van der Waals surface area contributed by atoms with Crippen molar-refractivity contribution in [3.63, 3.8) is 0 Å². The molecule has 0 aliphatic rings. The zero-order valence-corrected chi connectivity index (χ0v) is 12.3. The lowest BCUT2D eigenvalue weighted by Gasteiger charge is -2.28. The van der Waals surface area contributed by atoms with E-state index in [1.165, 1.54) is 5.56 Å². The van der Waals surface area contributed by atoms with E-state index in [-0.39, 0.29) is 0 Å². The van der Waals surface area contributed by atoms with Crippen molar-refractivity contribution in [3.8, 4) is 0 Å². The Bertz CT molecular complexity index is 467. The summed E-state index contributed by atoms with van der Waals surface area (Å²) in [4.78, 5) is 3.35. The summed E-state index contributed by atoms with van der Waals surface area (Å²) >= 11 is 1.61. The van der Waals surface area contributed by atoms with E-state index < -0.39 is 6.10 Å². The molecule has 1 unspecified atom stereocenters. The largest absolute Gasteiger partial charge is 0.386 e. The Labute approximate surface area is 119 Å². The first-order chi connectivity index (χ1) is 9.16. The van der Waals surface area contributed by atoms with Crippen molar-refractivity contribution in [2.75, 3.05) is 6.54 Å². The predicted molar refractivity (Wildman–Crippen MR) is 81.3 cm³/mol. The van der Waals surface area contributed by atoms with Gasteiger partial charge in [-0.3, -0.25) is 4.90 Å². The lowest BCUT2D eigenvalue weighted by molar-refractivity contribution is 0.0931. The maximum atomic E-state index is 10.3. The molecule has 2 rings (SSSR count). The van der Waals surface area contributed by atoms with Gasteiger partial charge in [0, 0.05) is 24.0 Å². The van der Waals surface area contributed by atoms with Gasteiger partial charge < -0.3 is 5.11 Å². The Balaban J connectivity index is 2.00. The Morgan fingerprint density at radius 2 is 1.84 bits per heavy atom. The van der Waals surface area contributed by atoms with Gasteiger partial charge >= 0.3 is 0 Å². The van der Waals surface area contributed by atoms with E-state index >= 15 is 0 Å². The van der Waals surface area contributed by atoms with Gasteiger partial charge in [-0.15, -0.1) is 11.3 Å². The molecule has 19 heavy (non-hydrogen) atoms. The van der Waals surface area contributed by atoms with Crippen molar-refractivity contribution in [1.29, 1.82) is 0 Å². The van der Waals surface area contributed by atoms with Crippen LogP contribution in [0.1, 0.15) is 30.4 Å². The molecule has 1 atom stereocenters. The first-order valence-corrected chi connectivity index (χ1v) is 7.54. The molecule has 3 heteroatoms. The highest BCUT2D eigenvalue weighted by Crippen LogP contribution is 2.21. The van der Waals surface area contributed by atoms with Gasteiger partial charge in [0.25, 0.3) is 0 Å². The van der Waals surface area contributed by atoms with E-state index in [2.05, 4.69) is 43.0 Å². The van der Waals surface area contributed by atoms with Crippen LogP contribution in [0.4, 0.5) is 0 Å². The first kappa shape index (κ1) is 14.3. The molecule has 1 aromatic carbocycles. The summed E-state index contributed by atoms with van der Waals surface area (Å²) in [5.41, 5.74) is 1.29. The lowest BCUT2D eigenvalue weighted by atomic mass is 10.1. The van der Waals surface area contributed by atoms with Gasteiger partial charge in [0.05, 0.1) is 0 Å². The summed E-state index contributed by atoms with van der Waals surface area (Å²) in [6.45, 7) is 5.89. The molecule has 0 radical (unpaired) electrons. The molecule has 0 bridgehead atoms. The third kappa shape index (κ3) is 4.16. The second-order valence-corrected chi connectivity index (χ2v) is 6.02. The zero-order chi connectivity index (χ0) is 13.7. The zero-order valence-electron chi connectivity index (χ0n) is 11.5. The van der Waals surface area contributed by atoms with Crippen LogP contribution in [0.2, 0.25) is 0 Å². The number of aliphatic hydroxyl groups is 1. The topological polar surface area (TPSA) is 23.5 Å². The van der Waals surface area contributed by atoms with E-state index in [4.69, 9.17) is 0 Å². The smallest absolute Gasteiger partial charge is 0.101 e. The fourth-order valence-electron chi connectivity index (χ4n) is 2.07. The van der Waals surface area contributed by atoms with Crippen LogP contribution in [0.25, 0.3) is 0 Å². The normalized spacial score (nSPS) is 13.1. The Morgan fingerprint density at radius 3 is 2.42 bits per heavy atom. The summed E-state index contributed by atoms with van der Waals surface area (Å²) in [6, 6.07) is 14.8. The van der Waals surface area contributed by atoms with E-state index in [9.17, 15) is 5.11 Å². The van der Waals surface area contributed by atoms with Gasteiger partial charge in [-0.25, -0.2) is 0 Å². The predicted octanol–water partition coefficient (Wildman–Crippen LogP) is 3.69. The monoisotopic (exact) mass is 275 g/mol. The average Bonchev–Trinajstić information content (AvgIpc) is 2.93. The minimum atomic E-state index is -0.397. The van der Waals surface area contributed by atoms with Crippen LogP contribution in [0, 0.1) is 0 Å². The summed E-state index contributed by atoms with van der Waals surface area (Å²) in [5, 5.41) is 12.3. The molecule has 1 aromatic heterocycles. The van der Waals surface area contributed by atoms with Crippen LogP contribution >= 0.6 is 11.3 Å². The summed E-state index contributed by atoms with van der Waals surface area (Å²) < 4.78 is 0. The lowest BCUT2D eigenvalue weighted by Crippen LogP contribution is -2.34. The number of rotatable bonds is 6. The molecule has 2 aromatic rings. The molecule has 0 fully saturated rings. The third-order valence-electron chi connectivity index (χ3n) is 3.24. The molecule has 0 spiro atoms. The highest BCUT2D eigenvalue weighted by molar-refractivity contribution is 7.10. The van der Waals surface area contributed by atoms with Gasteiger partial charge in [-0.1, -0.05) is 36.4 Å². The summed E-state index contributed by atoms with van der Waals surface area (Å²) in [7, 11) is 0. The molecule has 0 saturated heterocycles. The van der Waals surface area contributed by atoms with Crippen molar-refractivity contribution < 1.29 is 5.11 Å². The number of aliphatic hydroxyl groups excluding tert-OH is 1. The van der Waals surface area contributed by atoms with Gasteiger partial charge in [0.2, 0.25) is 0 Å². The molecular weight excluding hydrogens is 254 g/mol.